The average molecular weight is 663 g/mol. The van der Waals surface area contributed by atoms with E-state index >= 15 is 0 Å². The van der Waals surface area contributed by atoms with Gasteiger partial charge in [-0.25, -0.2) is 16.8 Å². The van der Waals surface area contributed by atoms with E-state index in [1.54, 1.807) is 58.0 Å². The summed E-state index contributed by atoms with van der Waals surface area (Å²) in [5, 5.41) is 0.932. The zero-order valence-electron chi connectivity index (χ0n) is 22.8. The second kappa shape index (κ2) is 15.4. The van der Waals surface area contributed by atoms with E-state index in [0.717, 1.165) is 5.57 Å². The summed E-state index contributed by atoms with van der Waals surface area (Å²) in [7, 11) is -8.76. The van der Waals surface area contributed by atoms with Crippen LogP contribution in [0.1, 0.15) is 32.1 Å². The molecule has 3 aromatic rings. The van der Waals surface area contributed by atoms with Crippen molar-refractivity contribution >= 4 is 66.3 Å². The van der Waals surface area contributed by atoms with E-state index in [4.69, 9.17) is 32.4 Å². The quantitative estimate of drug-likeness (QED) is 0.135. The third-order valence-corrected chi connectivity index (χ3v) is 8.01. The Labute approximate surface area is 293 Å². The topological polar surface area (TPSA) is 144 Å². The van der Waals surface area contributed by atoms with Crippen LogP contribution in [-0.2, 0) is 26.8 Å². The van der Waals surface area contributed by atoms with Crippen molar-refractivity contribution in [1.82, 2.24) is 0 Å². The van der Waals surface area contributed by atoms with Gasteiger partial charge in [0.25, 0.3) is 5.52 Å². The molecule has 1 aromatic heterocycles. The van der Waals surface area contributed by atoms with E-state index in [1.165, 1.54) is 0 Å². The third-order valence-electron chi connectivity index (χ3n) is 5.96. The molecular weight excluding hydrogens is 637 g/mol. The second-order valence-corrected chi connectivity index (χ2v) is 12.8. The van der Waals surface area contributed by atoms with Gasteiger partial charge >= 0.3 is 65.0 Å². The van der Waals surface area contributed by atoms with Gasteiger partial charge in [0.1, 0.15) is 0 Å². The number of oxazole rings is 1. The van der Waals surface area contributed by atoms with Gasteiger partial charge in [0.2, 0.25) is 11.5 Å². The fourth-order valence-electron chi connectivity index (χ4n) is 4.19. The molecular formula is C25H25Cl2N2Na2O8S2+. The third kappa shape index (κ3) is 10.2. The van der Waals surface area contributed by atoms with Gasteiger partial charge in [-0.15, -0.1) is 0 Å². The molecule has 10 nitrogen and oxygen atoms in total. The Hall–Kier alpha value is -0.610. The number of nitrogens with zero attached hydrogens (tertiary/aromatic N) is 2. The molecule has 2 aromatic carbocycles. The molecule has 0 saturated carbocycles. The summed E-state index contributed by atoms with van der Waals surface area (Å²) in [5.41, 5.74) is 2.57. The van der Waals surface area contributed by atoms with Crippen molar-refractivity contribution in [1.29, 1.82) is 0 Å². The predicted octanol–water partition coefficient (Wildman–Crippen LogP) is -1.56. The Balaban J connectivity index is 0.00000294. The first-order valence-electron chi connectivity index (χ1n) is 12.0. The summed E-state index contributed by atoms with van der Waals surface area (Å²) in [6.07, 6.45) is 4.24. The number of halogens is 2. The molecule has 16 heteroatoms. The molecule has 0 fully saturated rings. The molecule has 0 amide bonds. The van der Waals surface area contributed by atoms with Gasteiger partial charge in [-0.05, 0) is 48.7 Å². The molecule has 2 heterocycles. The summed E-state index contributed by atoms with van der Waals surface area (Å²) in [5.74, 6) is 0.296. The number of aryl methyl sites for hydroxylation is 1. The largest absolute Gasteiger partial charge is 1.00 e. The number of anilines is 1. The van der Waals surface area contributed by atoms with Crippen LogP contribution in [-0.4, -0.2) is 44.0 Å². The van der Waals surface area contributed by atoms with Crippen molar-refractivity contribution in [3.8, 4) is 5.75 Å². The first-order chi connectivity index (χ1) is 18.3. The molecule has 0 radical (unpaired) electrons. The van der Waals surface area contributed by atoms with Crippen LogP contribution in [0.15, 0.2) is 58.3 Å². The first-order valence-corrected chi connectivity index (χ1v) is 15.9. The molecule has 210 valence electrons. The Morgan fingerprint density at radius 2 is 1.61 bits per heavy atom. The van der Waals surface area contributed by atoms with Gasteiger partial charge in [-0.2, -0.15) is 4.57 Å². The Bertz CT molecular complexity index is 1680. The van der Waals surface area contributed by atoms with Crippen molar-refractivity contribution in [2.75, 3.05) is 23.0 Å². The molecule has 0 saturated heterocycles. The van der Waals surface area contributed by atoms with Crippen LogP contribution in [0, 0.1) is 0 Å². The van der Waals surface area contributed by atoms with Crippen LogP contribution in [0.3, 0.4) is 0 Å². The molecule has 4 rings (SSSR count). The van der Waals surface area contributed by atoms with E-state index in [0.29, 0.717) is 50.8 Å². The number of hydrogen-bond acceptors (Lipinski definition) is 9. The number of fused-ring (bicyclic) bond motifs is 2. The van der Waals surface area contributed by atoms with Crippen LogP contribution in [0.2, 0.25) is 10.0 Å². The molecule has 0 spiro atoms. The summed E-state index contributed by atoms with van der Waals surface area (Å²) < 4.78 is 80.7. The number of hydrogen-bond donors (Lipinski definition) is 0. The van der Waals surface area contributed by atoms with Gasteiger partial charge in [0.15, 0.2) is 12.3 Å². The number of allylic oxidation sites excluding steroid dienone is 2. The Morgan fingerprint density at radius 3 is 2.27 bits per heavy atom. The Kier molecular flexibility index (Phi) is 13.7. The molecule has 0 aliphatic carbocycles. The number of rotatable bonds is 11. The minimum atomic E-state index is -4.38. The van der Waals surface area contributed by atoms with E-state index in [-0.39, 0.29) is 85.0 Å². The molecule has 1 aliphatic heterocycles. The summed E-state index contributed by atoms with van der Waals surface area (Å²) in [6, 6.07) is 10.1. The zero-order chi connectivity index (χ0) is 28.4. The smallest absolute Gasteiger partial charge is 0.748 e. The maximum absolute atomic E-state index is 11.1. The molecule has 41 heavy (non-hydrogen) atoms. The minimum Gasteiger partial charge on any atom is -0.748 e. The number of benzene rings is 2. The summed E-state index contributed by atoms with van der Waals surface area (Å²) in [6.45, 7) is 2.32. The molecule has 0 bridgehead atoms. The summed E-state index contributed by atoms with van der Waals surface area (Å²) in [4.78, 5) is 1.75. The van der Waals surface area contributed by atoms with Crippen LogP contribution in [0.4, 0.5) is 5.69 Å². The molecule has 0 N–H and O–H groups in total. The second-order valence-electron chi connectivity index (χ2n) is 8.86. The van der Waals surface area contributed by atoms with Crippen molar-refractivity contribution in [3.05, 3.63) is 69.9 Å². The van der Waals surface area contributed by atoms with Crippen LogP contribution < -0.4 is 73.3 Å². The van der Waals surface area contributed by atoms with E-state index in [9.17, 15) is 25.9 Å². The van der Waals surface area contributed by atoms with Gasteiger partial charge in [0.05, 0.1) is 32.0 Å². The van der Waals surface area contributed by atoms with Crippen LogP contribution >= 0.6 is 23.2 Å². The normalized spacial score (nSPS) is 14.5. The fourth-order valence-corrected chi connectivity index (χ4v) is 5.48. The SMILES string of the molecule is CCC(=Cc1oc2ccc(Cl)cc2[n+]1CCCS(=O)(=O)[O-])C=C1Oc2ccc(Cl)cc2N1CCCS(=O)(=O)[O-].[Na+].[Na+]. The standard InChI is InChI=1S/C25H26Cl2N2O8S2.2Na/c1-2-17(13-24-28(9-3-11-38(30,31)32)20-15-18(26)5-7-22(20)36-24)14-25-29(10-4-12-39(33,34)35)21-16-19(27)6-8-23(21)37-25;;/h5-8,13-16H,2-4,9-12H2,1H3,(H-,30,31,32,33,34,35);;/q;2*+1/p-1. The maximum Gasteiger partial charge on any atom is 1.00 e. The van der Waals surface area contributed by atoms with Crippen LogP contribution in [0.25, 0.3) is 17.2 Å². The fraction of sp³-hybridized carbons (Fsp3) is 0.320. The zero-order valence-corrected chi connectivity index (χ0v) is 29.9. The van der Waals surface area contributed by atoms with E-state index < -0.39 is 31.7 Å². The van der Waals surface area contributed by atoms with Crippen molar-refractivity contribution in [2.24, 2.45) is 0 Å². The molecule has 0 atom stereocenters. The Morgan fingerprint density at radius 1 is 0.976 bits per heavy atom. The predicted molar refractivity (Wildman–Crippen MR) is 146 cm³/mol. The van der Waals surface area contributed by atoms with Gasteiger partial charge in [-0.1, -0.05) is 30.1 Å². The number of ether oxygens (including phenoxy) is 1. The average Bonchev–Trinajstić information content (AvgIpc) is 3.34. The van der Waals surface area contributed by atoms with Gasteiger partial charge < -0.3 is 23.2 Å². The van der Waals surface area contributed by atoms with E-state index in [1.807, 2.05) is 6.92 Å². The van der Waals surface area contributed by atoms with Gasteiger partial charge in [-0.3, -0.25) is 0 Å². The number of aromatic nitrogens is 1. The van der Waals surface area contributed by atoms with Crippen molar-refractivity contribution in [2.45, 2.75) is 32.7 Å². The van der Waals surface area contributed by atoms with E-state index in [2.05, 4.69) is 0 Å². The molecule has 1 aliphatic rings. The monoisotopic (exact) mass is 661 g/mol. The van der Waals surface area contributed by atoms with Crippen LogP contribution in [0.5, 0.6) is 5.75 Å². The molecule has 0 unspecified atom stereocenters. The van der Waals surface area contributed by atoms with Crippen molar-refractivity contribution < 1.29 is 98.8 Å². The summed E-state index contributed by atoms with van der Waals surface area (Å²) >= 11 is 12.4. The maximum atomic E-state index is 11.1. The van der Waals surface area contributed by atoms with Crippen molar-refractivity contribution in [3.63, 3.8) is 0 Å². The minimum absolute atomic E-state index is 0. The van der Waals surface area contributed by atoms with Gasteiger partial charge in [0, 0.05) is 46.7 Å². The first kappa shape index (κ1) is 36.6.